The van der Waals surface area contributed by atoms with Gasteiger partial charge in [0.2, 0.25) is 11.9 Å². The number of amides is 1. The summed E-state index contributed by atoms with van der Waals surface area (Å²) < 4.78 is 32.8. The molecule has 5 rings (SSSR count). The highest BCUT2D eigenvalue weighted by molar-refractivity contribution is 5.97. The highest BCUT2D eigenvalue weighted by Crippen LogP contribution is 2.35. The summed E-state index contributed by atoms with van der Waals surface area (Å²) in [5, 5.41) is 6.69. The summed E-state index contributed by atoms with van der Waals surface area (Å²) in [6, 6.07) is 10.9. The maximum atomic E-state index is 13.6. The van der Waals surface area contributed by atoms with Crippen LogP contribution >= 0.6 is 0 Å². The smallest absolute Gasteiger partial charge is 0.241 e. The highest BCUT2D eigenvalue weighted by atomic mass is 19.2. The Kier molecular flexibility index (Phi) is 6.30. The number of aromatic nitrogens is 3. The first-order valence-corrected chi connectivity index (χ1v) is 11.2. The molecule has 0 unspecified atom stereocenters. The van der Waals surface area contributed by atoms with Gasteiger partial charge in [-0.1, -0.05) is 0 Å². The van der Waals surface area contributed by atoms with Crippen LogP contribution in [0, 0.1) is 11.6 Å². The standard InChI is InChI=1S/C25H23F2N7O2/c1-33(2)14-24(35)34-7-8-36-22-11-16(3-4-21(22)34)31-25-28-6-5-23(32-25)30-17-9-15-10-18(26)19(27)12-20(15)29-13-17/h3-6,9-13H,7-8,14H2,1-2H3,(H2,28,30,31,32). The number of carbonyl (C=O) groups is 1. The lowest BCUT2D eigenvalue weighted by Gasteiger charge is -2.30. The Hall–Kier alpha value is -4.38. The fourth-order valence-corrected chi connectivity index (χ4v) is 3.87. The molecule has 2 aromatic carbocycles. The fourth-order valence-electron chi connectivity index (χ4n) is 3.87. The van der Waals surface area contributed by atoms with Crippen LogP contribution in [0.4, 0.5) is 37.6 Å². The second-order valence-electron chi connectivity index (χ2n) is 8.51. The molecule has 0 spiro atoms. The van der Waals surface area contributed by atoms with Crippen LogP contribution in [0.1, 0.15) is 0 Å². The minimum Gasteiger partial charge on any atom is -0.489 e. The number of pyridine rings is 1. The van der Waals surface area contributed by atoms with Gasteiger partial charge >= 0.3 is 0 Å². The normalized spacial score (nSPS) is 12.9. The van der Waals surface area contributed by atoms with Gasteiger partial charge in [-0.3, -0.25) is 9.78 Å². The Balaban J connectivity index is 1.32. The van der Waals surface area contributed by atoms with E-state index in [1.54, 1.807) is 29.3 Å². The average Bonchev–Trinajstić information content (AvgIpc) is 2.84. The van der Waals surface area contributed by atoms with E-state index < -0.39 is 11.6 Å². The molecule has 0 bridgehead atoms. The maximum absolute atomic E-state index is 13.6. The van der Waals surface area contributed by atoms with Crippen molar-refractivity contribution in [2.24, 2.45) is 0 Å². The van der Waals surface area contributed by atoms with Crippen LogP contribution < -0.4 is 20.3 Å². The van der Waals surface area contributed by atoms with Crippen LogP contribution in [0.15, 0.2) is 54.9 Å². The third-order valence-corrected chi connectivity index (χ3v) is 5.48. The molecule has 184 valence electrons. The van der Waals surface area contributed by atoms with Gasteiger partial charge in [-0.2, -0.15) is 4.98 Å². The van der Waals surface area contributed by atoms with Crippen molar-refractivity contribution in [3.8, 4) is 5.75 Å². The van der Waals surface area contributed by atoms with E-state index in [0.29, 0.717) is 59.5 Å². The van der Waals surface area contributed by atoms with Crippen LogP contribution in [0.2, 0.25) is 0 Å². The number of nitrogens with zero attached hydrogens (tertiary/aromatic N) is 5. The van der Waals surface area contributed by atoms with Crippen LogP contribution in [0.25, 0.3) is 10.9 Å². The van der Waals surface area contributed by atoms with Crippen molar-refractivity contribution >= 4 is 45.6 Å². The van der Waals surface area contributed by atoms with Crippen LogP contribution in [-0.2, 0) is 4.79 Å². The van der Waals surface area contributed by atoms with Gasteiger partial charge < -0.3 is 25.2 Å². The number of fused-ring (bicyclic) bond motifs is 2. The molecule has 0 saturated heterocycles. The molecule has 0 saturated carbocycles. The molecular formula is C25H23F2N7O2. The lowest BCUT2D eigenvalue weighted by atomic mass is 10.2. The predicted molar refractivity (Wildman–Crippen MR) is 133 cm³/mol. The largest absolute Gasteiger partial charge is 0.489 e. The zero-order valence-electron chi connectivity index (χ0n) is 19.6. The highest BCUT2D eigenvalue weighted by Gasteiger charge is 2.24. The van der Waals surface area contributed by atoms with Crippen molar-refractivity contribution in [2.75, 3.05) is 49.3 Å². The Bertz CT molecular complexity index is 1450. The quantitative estimate of drug-likeness (QED) is 0.417. The van der Waals surface area contributed by atoms with Crippen molar-refractivity contribution < 1.29 is 18.3 Å². The summed E-state index contributed by atoms with van der Waals surface area (Å²) >= 11 is 0. The van der Waals surface area contributed by atoms with E-state index >= 15 is 0 Å². The van der Waals surface area contributed by atoms with Gasteiger partial charge in [0.05, 0.1) is 36.2 Å². The van der Waals surface area contributed by atoms with Gasteiger partial charge in [0.1, 0.15) is 18.2 Å². The molecule has 1 amide bonds. The molecular weight excluding hydrogens is 468 g/mol. The molecule has 9 nitrogen and oxygen atoms in total. The van der Waals surface area contributed by atoms with Gasteiger partial charge in [0.15, 0.2) is 11.6 Å². The summed E-state index contributed by atoms with van der Waals surface area (Å²) in [4.78, 5) is 29.0. The van der Waals surface area contributed by atoms with Crippen LogP contribution in [0.5, 0.6) is 5.75 Å². The first-order chi connectivity index (χ1) is 17.4. The van der Waals surface area contributed by atoms with Crippen LogP contribution in [-0.4, -0.2) is 59.6 Å². The number of anilines is 5. The van der Waals surface area contributed by atoms with Gasteiger partial charge in [0, 0.05) is 29.4 Å². The Morgan fingerprint density at radius 1 is 1.06 bits per heavy atom. The second-order valence-corrected chi connectivity index (χ2v) is 8.51. The summed E-state index contributed by atoms with van der Waals surface area (Å²) in [6.45, 7) is 1.21. The Morgan fingerprint density at radius 3 is 2.72 bits per heavy atom. The van der Waals surface area contributed by atoms with Crippen LogP contribution in [0.3, 0.4) is 0 Å². The second kappa shape index (κ2) is 9.70. The van der Waals surface area contributed by atoms with Crippen molar-refractivity contribution in [1.82, 2.24) is 19.9 Å². The van der Waals surface area contributed by atoms with E-state index in [1.807, 2.05) is 31.1 Å². The molecule has 4 aromatic rings. The number of rotatable bonds is 6. The molecule has 0 atom stereocenters. The number of nitrogens with one attached hydrogen (secondary N) is 2. The zero-order valence-corrected chi connectivity index (χ0v) is 19.6. The Labute approximate surface area is 205 Å². The minimum atomic E-state index is -0.942. The average molecular weight is 492 g/mol. The molecule has 1 aliphatic heterocycles. The molecule has 3 heterocycles. The number of hydrogen-bond acceptors (Lipinski definition) is 8. The summed E-state index contributed by atoms with van der Waals surface area (Å²) in [5.41, 5.74) is 2.32. The van der Waals surface area contributed by atoms with Gasteiger partial charge in [0.25, 0.3) is 0 Å². The monoisotopic (exact) mass is 491 g/mol. The number of halogens is 2. The van der Waals surface area contributed by atoms with Crippen molar-refractivity contribution in [1.29, 1.82) is 0 Å². The molecule has 2 N–H and O–H groups in total. The van der Waals surface area contributed by atoms with E-state index in [9.17, 15) is 13.6 Å². The lowest BCUT2D eigenvalue weighted by molar-refractivity contribution is -0.119. The number of hydrogen-bond donors (Lipinski definition) is 2. The first-order valence-electron chi connectivity index (χ1n) is 11.2. The molecule has 0 radical (unpaired) electrons. The topological polar surface area (TPSA) is 95.5 Å². The summed E-state index contributed by atoms with van der Waals surface area (Å²) in [7, 11) is 3.71. The van der Waals surface area contributed by atoms with Crippen molar-refractivity contribution in [3.63, 3.8) is 0 Å². The van der Waals surface area contributed by atoms with Gasteiger partial charge in [-0.15, -0.1) is 0 Å². The van der Waals surface area contributed by atoms with E-state index in [-0.39, 0.29) is 5.91 Å². The number of carbonyl (C=O) groups excluding carboxylic acids is 1. The Morgan fingerprint density at radius 2 is 1.89 bits per heavy atom. The van der Waals surface area contributed by atoms with Gasteiger partial charge in [-0.05, 0) is 44.4 Å². The van der Waals surface area contributed by atoms with Gasteiger partial charge in [-0.25, -0.2) is 13.8 Å². The van der Waals surface area contributed by atoms with E-state index in [1.165, 1.54) is 6.20 Å². The van der Waals surface area contributed by atoms with E-state index in [4.69, 9.17) is 4.74 Å². The maximum Gasteiger partial charge on any atom is 0.241 e. The molecule has 0 aliphatic carbocycles. The molecule has 36 heavy (non-hydrogen) atoms. The molecule has 2 aromatic heterocycles. The van der Waals surface area contributed by atoms with E-state index in [2.05, 4.69) is 25.6 Å². The SMILES string of the molecule is CN(C)CC(=O)N1CCOc2cc(Nc3nccc(Nc4cnc5cc(F)c(F)cc5c4)n3)ccc21. The third kappa shape index (κ3) is 5.01. The summed E-state index contributed by atoms with van der Waals surface area (Å²) in [5.74, 6) is -0.470. The number of benzene rings is 2. The van der Waals surface area contributed by atoms with E-state index in [0.717, 1.165) is 17.8 Å². The van der Waals surface area contributed by atoms with Crippen molar-refractivity contribution in [3.05, 3.63) is 66.5 Å². The molecule has 11 heteroatoms. The number of ether oxygens (including phenoxy) is 1. The summed E-state index contributed by atoms with van der Waals surface area (Å²) in [6.07, 6.45) is 3.09. The zero-order chi connectivity index (χ0) is 25.2. The molecule has 0 fully saturated rings. The lowest BCUT2D eigenvalue weighted by Crippen LogP contribution is -2.42. The predicted octanol–water partition coefficient (Wildman–Crippen LogP) is 4.08. The first kappa shape index (κ1) is 23.4. The molecule has 1 aliphatic rings. The number of likely N-dealkylation sites (N-methyl/N-ethyl adjacent to an activating group) is 1. The third-order valence-electron chi connectivity index (χ3n) is 5.48. The minimum absolute atomic E-state index is 0.00317. The fraction of sp³-hybridized carbons (Fsp3) is 0.200. The van der Waals surface area contributed by atoms with Crippen molar-refractivity contribution in [2.45, 2.75) is 0 Å².